The SMILES string of the molecule is CCN(c1ccccc1)c1cc(Cl)nc(C2CC2)n1. The number of aromatic nitrogens is 2. The van der Waals surface area contributed by atoms with Gasteiger partial charge in [0.2, 0.25) is 0 Å². The Hall–Kier alpha value is -1.61. The summed E-state index contributed by atoms with van der Waals surface area (Å²) in [6, 6.07) is 12.1. The summed E-state index contributed by atoms with van der Waals surface area (Å²) < 4.78 is 0. The first-order valence-electron chi connectivity index (χ1n) is 6.65. The monoisotopic (exact) mass is 273 g/mol. The van der Waals surface area contributed by atoms with Gasteiger partial charge in [0.1, 0.15) is 16.8 Å². The molecule has 0 bridgehead atoms. The number of halogens is 1. The molecule has 2 aromatic rings. The fourth-order valence-electron chi connectivity index (χ4n) is 2.17. The Balaban J connectivity index is 1.99. The molecule has 0 radical (unpaired) electrons. The summed E-state index contributed by atoms with van der Waals surface area (Å²) in [6.45, 7) is 2.96. The lowest BCUT2D eigenvalue weighted by molar-refractivity contribution is 0.894. The minimum atomic E-state index is 0.506. The van der Waals surface area contributed by atoms with Gasteiger partial charge in [-0.05, 0) is 31.9 Å². The second-order valence-corrected chi connectivity index (χ2v) is 5.15. The highest BCUT2D eigenvalue weighted by atomic mass is 35.5. The molecule has 1 heterocycles. The van der Waals surface area contributed by atoms with E-state index in [-0.39, 0.29) is 0 Å². The molecule has 0 spiro atoms. The highest BCUT2D eigenvalue weighted by molar-refractivity contribution is 6.29. The molecule has 1 fully saturated rings. The van der Waals surface area contributed by atoms with E-state index < -0.39 is 0 Å². The lowest BCUT2D eigenvalue weighted by atomic mass is 10.3. The summed E-state index contributed by atoms with van der Waals surface area (Å²) in [5.41, 5.74) is 1.13. The average molecular weight is 274 g/mol. The molecule has 3 rings (SSSR count). The van der Waals surface area contributed by atoms with E-state index >= 15 is 0 Å². The summed E-state index contributed by atoms with van der Waals surface area (Å²) >= 11 is 6.13. The minimum absolute atomic E-state index is 0.506. The van der Waals surface area contributed by atoms with Crippen molar-refractivity contribution in [3.8, 4) is 0 Å². The largest absolute Gasteiger partial charge is 0.327 e. The van der Waals surface area contributed by atoms with E-state index in [1.54, 1.807) is 0 Å². The number of rotatable bonds is 4. The van der Waals surface area contributed by atoms with Crippen LogP contribution < -0.4 is 4.90 Å². The zero-order valence-electron chi connectivity index (χ0n) is 10.9. The van der Waals surface area contributed by atoms with Gasteiger partial charge in [-0.2, -0.15) is 0 Å². The second kappa shape index (κ2) is 5.17. The second-order valence-electron chi connectivity index (χ2n) is 4.76. The third-order valence-electron chi connectivity index (χ3n) is 3.30. The number of anilines is 2. The van der Waals surface area contributed by atoms with Crippen molar-refractivity contribution < 1.29 is 0 Å². The molecule has 98 valence electrons. The summed E-state index contributed by atoms with van der Waals surface area (Å²) in [5.74, 6) is 2.28. The van der Waals surface area contributed by atoms with Crippen molar-refractivity contribution in [2.45, 2.75) is 25.7 Å². The van der Waals surface area contributed by atoms with Gasteiger partial charge in [-0.1, -0.05) is 29.8 Å². The molecule has 3 nitrogen and oxygen atoms in total. The number of nitrogens with zero attached hydrogens (tertiary/aromatic N) is 3. The molecule has 0 amide bonds. The number of benzene rings is 1. The van der Waals surface area contributed by atoms with Crippen LogP contribution in [0.1, 0.15) is 31.5 Å². The van der Waals surface area contributed by atoms with E-state index in [0.29, 0.717) is 11.1 Å². The standard InChI is InChI=1S/C15H16ClN3/c1-2-19(12-6-4-3-5-7-12)14-10-13(16)17-15(18-14)11-8-9-11/h3-7,10-11H,2,8-9H2,1H3. The normalized spacial score (nSPS) is 14.4. The number of hydrogen-bond donors (Lipinski definition) is 0. The third-order valence-corrected chi connectivity index (χ3v) is 3.50. The molecule has 0 aliphatic heterocycles. The molecule has 1 aliphatic rings. The van der Waals surface area contributed by atoms with E-state index in [9.17, 15) is 0 Å². The Morgan fingerprint density at radius 2 is 1.95 bits per heavy atom. The van der Waals surface area contributed by atoms with Gasteiger partial charge in [-0.25, -0.2) is 9.97 Å². The fraction of sp³-hybridized carbons (Fsp3) is 0.333. The summed E-state index contributed by atoms with van der Waals surface area (Å²) in [6.07, 6.45) is 2.36. The smallest absolute Gasteiger partial charge is 0.138 e. The molecule has 0 saturated heterocycles. The number of hydrogen-bond acceptors (Lipinski definition) is 3. The summed E-state index contributed by atoms with van der Waals surface area (Å²) in [5, 5.41) is 0.529. The van der Waals surface area contributed by atoms with E-state index in [1.165, 1.54) is 12.8 Å². The van der Waals surface area contributed by atoms with Gasteiger partial charge in [0.05, 0.1) is 0 Å². The number of para-hydroxylation sites is 1. The zero-order valence-corrected chi connectivity index (χ0v) is 11.6. The first-order valence-corrected chi connectivity index (χ1v) is 7.03. The Morgan fingerprint density at radius 3 is 2.58 bits per heavy atom. The summed E-state index contributed by atoms with van der Waals surface area (Å²) in [4.78, 5) is 11.2. The molecular formula is C15H16ClN3. The molecule has 0 atom stereocenters. The van der Waals surface area contributed by atoms with Crippen molar-refractivity contribution in [2.24, 2.45) is 0 Å². The van der Waals surface area contributed by atoms with Crippen LogP contribution in [0, 0.1) is 0 Å². The van der Waals surface area contributed by atoms with Crippen molar-refractivity contribution in [1.29, 1.82) is 0 Å². The maximum Gasteiger partial charge on any atom is 0.138 e. The van der Waals surface area contributed by atoms with Crippen LogP contribution >= 0.6 is 11.6 Å². The van der Waals surface area contributed by atoms with Crippen molar-refractivity contribution in [1.82, 2.24) is 9.97 Å². The van der Waals surface area contributed by atoms with Gasteiger partial charge >= 0.3 is 0 Å². The fourth-order valence-corrected chi connectivity index (χ4v) is 2.35. The van der Waals surface area contributed by atoms with E-state index in [0.717, 1.165) is 23.9 Å². The maximum atomic E-state index is 6.13. The van der Waals surface area contributed by atoms with Crippen LogP contribution in [0.15, 0.2) is 36.4 Å². The lowest BCUT2D eigenvalue weighted by Crippen LogP contribution is -2.18. The maximum absolute atomic E-state index is 6.13. The van der Waals surface area contributed by atoms with Crippen molar-refractivity contribution in [3.05, 3.63) is 47.4 Å². The highest BCUT2D eigenvalue weighted by Crippen LogP contribution is 2.39. The van der Waals surface area contributed by atoms with Gasteiger partial charge in [0, 0.05) is 24.2 Å². The Bertz CT molecular complexity index is 567. The van der Waals surface area contributed by atoms with Gasteiger partial charge < -0.3 is 4.90 Å². The molecule has 0 unspecified atom stereocenters. The molecular weight excluding hydrogens is 258 g/mol. The van der Waals surface area contributed by atoms with Crippen LogP contribution in [-0.4, -0.2) is 16.5 Å². The molecule has 4 heteroatoms. The van der Waals surface area contributed by atoms with E-state index in [4.69, 9.17) is 11.6 Å². The first-order chi connectivity index (χ1) is 9.28. The first kappa shape index (κ1) is 12.4. The zero-order chi connectivity index (χ0) is 13.2. The van der Waals surface area contributed by atoms with Gasteiger partial charge in [0.25, 0.3) is 0 Å². The molecule has 1 aromatic carbocycles. The van der Waals surface area contributed by atoms with Gasteiger partial charge in [-0.3, -0.25) is 0 Å². The van der Waals surface area contributed by atoms with Crippen LogP contribution in [0.3, 0.4) is 0 Å². The molecule has 1 aliphatic carbocycles. The third kappa shape index (κ3) is 2.71. The quantitative estimate of drug-likeness (QED) is 0.783. The Kier molecular flexibility index (Phi) is 3.38. The topological polar surface area (TPSA) is 29.0 Å². The lowest BCUT2D eigenvalue weighted by Gasteiger charge is -2.22. The average Bonchev–Trinajstić information content (AvgIpc) is 3.24. The van der Waals surface area contributed by atoms with Crippen LogP contribution in [0.5, 0.6) is 0 Å². The molecule has 19 heavy (non-hydrogen) atoms. The Morgan fingerprint density at radius 1 is 1.21 bits per heavy atom. The van der Waals surface area contributed by atoms with Crippen molar-refractivity contribution >= 4 is 23.1 Å². The van der Waals surface area contributed by atoms with Crippen LogP contribution in [-0.2, 0) is 0 Å². The van der Waals surface area contributed by atoms with Gasteiger partial charge in [0.15, 0.2) is 0 Å². The predicted octanol–water partition coefficient (Wildman–Crippen LogP) is 4.17. The highest BCUT2D eigenvalue weighted by Gasteiger charge is 2.27. The molecule has 1 aromatic heterocycles. The molecule has 1 saturated carbocycles. The van der Waals surface area contributed by atoms with Crippen molar-refractivity contribution in [3.63, 3.8) is 0 Å². The van der Waals surface area contributed by atoms with E-state index in [1.807, 2.05) is 24.3 Å². The van der Waals surface area contributed by atoms with Crippen LogP contribution in [0.25, 0.3) is 0 Å². The molecule has 0 N–H and O–H groups in total. The van der Waals surface area contributed by atoms with E-state index in [2.05, 4.69) is 33.9 Å². The summed E-state index contributed by atoms with van der Waals surface area (Å²) in [7, 11) is 0. The predicted molar refractivity (Wildman–Crippen MR) is 78.1 cm³/mol. The van der Waals surface area contributed by atoms with Crippen LogP contribution in [0.2, 0.25) is 5.15 Å². The minimum Gasteiger partial charge on any atom is -0.327 e. The van der Waals surface area contributed by atoms with Gasteiger partial charge in [-0.15, -0.1) is 0 Å². The van der Waals surface area contributed by atoms with Crippen LogP contribution in [0.4, 0.5) is 11.5 Å². The van der Waals surface area contributed by atoms with Crippen molar-refractivity contribution in [2.75, 3.05) is 11.4 Å². The Labute approximate surface area is 118 Å².